The molecule has 2 aliphatic rings. The summed E-state index contributed by atoms with van der Waals surface area (Å²) >= 11 is 0. The molecule has 0 bridgehead atoms. The first-order valence-electron chi connectivity index (χ1n) is 6.31. The summed E-state index contributed by atoms with van der Waals surface area (Å²) < 4.78 is 26.4. The van der Waals surface area contributed by atoms with Gasteiger partial charge in [0.25, 0.3) is 0 Å². The summed E-state index contributed by atoms with van der Waals surface area (Å²) in [5.74, 6) is 0.983. The van der Waals surface area contributed by atoms with Gasteiger partial charge in [0, 0.05) is 12.1 Å². The first kappa shape index (κ1) is 15.2. The Hall–Kier alpha value is 0.160. The Balaban J connectivity index is 0.00000144. The quantitative estimate of drug-likeness (QED) is 0.801. The first-order chi connectivity index (χ1) is 7.55. The summed E-state index contributed by atoms with van der Waals surface area (Å²) in [6.45, 7) is 0. The molecule has 0 heterocycles. The molecule has 2 rings (SSSR count). The van der Waals surface area contributed by atoms with Crippen molar-refractivity contribution in [2.75, 3.05) is 5.75 Å². The maximum Gasteiger partial charge on any atom is 0.211 e. The number of hydrogen-bond acceptors (Lipinski definition) is 3. The third-order valence-electron chi connectivity index (χ3n) is 3.61. The molecule has 3 N–H and O–H groups in total. The zero-order chi connectivity index (χ0) is 11.6. The van der Waals surface area contributed by atoms with Crippen LogP contribution in [0.2, 0.25) is 0 Å². The average Bonchev–Trinajstić information content (AvgIpc) is 3.02. The van der Waals surface area contributed by atoms with Crippen LogP contribution in [0.5, 0.6) is 0 Å². The Morgan fingerprint density at radius 2 is 1.65 bits per heavy atom. The molecule has 0 unspecified atom stereocenters. The van der Waals surface area contributed by atoms with E-state index in [0.717, 1.165) is 32.1 Å². The molecule has 102 valence electrons. The van der Waals surface area contributed by atoms with Crippen molar-refractivity contribution in [3.05, 3.63) is 0 Å². The van der Waals surface area contributed by atoms with E-state index in [-0.39, 0.29) is 24.5 Å². The second-order valence-corrected chi connectivity index (χ2v) is 7.15. The van der Waals surface area contributed by atoms with Gasteiger partial charge >= 0.3 is 0 Å². The van der Waals surface area contributed by atoms with Crippen molar-refractivity contribution in [1.29, 1.82) is 0 Å². The van der Waals surface area contributed by atoms with Crippen LogP contribution in [0.25, 0.3) is 0 Å². The molecule has 0 aliphatic heterocycles. The van der Waals surface area contributed by atoms with Crippen LogP contribution in [0, 0.1) is 5.92 Å². The van der Waals surface area contributed by atoms with E-state index in [4.69, 9.17) is 5.73 Å². The summed E-state index contributed by atoms with van der Waals surface area (Å²) in [4.78, 5) is 0. The van der Waals surface area contributed by atoms with Gasteiger partial charge in [-0.2, -0.15) is 0 Å². The van der Waals surface area contributed by atoms with Crippen LogP contribution < -0.4 is 10.5 Å². The number of sulfonamides is 1. The highest BCUT2D eigenvalue weighted by atomic mass is 35.5. The summed E-state index contributed by atoms with van der Waals surface area (Å²) in [7, 11) is -3.04. The van der Waals surface area contributed by atoms with Crippen molar-refractivity contribution in [3.8, 4) is 0 Å². The van der Waals surface area contributed by atoms with Gasteiger partial charge in [0.2, 0.25) is 10.0 Å². The van der Waals surface area contributed by atoms with Gasteiger partial charge in [-0.05, 0) is 38.0 Å². The van der Waals surface area contributed by atoms with Gasteiger partial charge in [0.1, 0.15) is 0 Å². The Bertz CT molecular complexity index is 322. The van der Waals surface area contributed by atoms with Gasteiger partial charge in [-0.25, -0.2) is 13.1 Å². The Labute approximate surface area is 110 Å². The van der Waals surface area contributed by atoms with Gasteiger partial charge in [0.05, 0.1) is 5.75 Å². The lowest BCUT2D eigenvalue weighted by atomic mass is 9.93. The van der Waals surface area contributed by atoms with E-state index in [1.54, 1.807) is 0 Å². The zero-order valence-corrected chi connectivity index (χ0v) is 11.7. The van der Waals surface area contributed by atoms with Crippen molar-refractivity contribution < 1.29 is 8.42 Å². The minimum atomic E-state index is -3.04. The van der Waals surface area contributed by atoms with Gasteiger partial charge < -0.3 is 5.73 Å². The molecular formula is C11H23ClN2O2S. The summed E-state index contributed by atoms with van der Waals surface area (Å²) in [5, 5.41) is 0. The van der Waals surface area contributed by atoms with Crippen LogP contribution in [0.3, 0.4) is 0 Å². The Morgan fingerprint density at radius 3 is 2.18 bits per heavy atom. The normalized spacial score (nSPS) is 29.7. The predicted molar refractivity (Wildman–Crippen MR) is 71.7 cm³/mol. The van der Waals surface area contributed by atoms with Crippen molar-refractivity contribution in [2.45, 2.75) is 57.0 Å². The van der Waals surface area contributed by atoms with E-state index >= 15 is 0 Å². The van der Waals surface area contributed by atoms with Crippen LogP contribution in [-0.2, 0) is 10.0 Å². The average molecular weight is 283 g/mol. The number of nitrogens with one attached hydrogen (secondary N) is 1. The molecule has 0 aromatic carbocycles. The topological polar surface area (TPSA) is 72.2 Å². The number of halogens is 1. The second kappa shape index (κ2) is 6.36. The van der Waals surface area contributed by atoms with Gasteiger partial charge in [0.15, 0.2) is 0 Å². The molecule has 0 aromatic rings. The van der Waals surface area contributed by atoms with Crippen LogP contribution >= 0.6 is 12.4 Å². The molecule has 0 atom stereocenters. The molecule has 6 heteroatoms. The lowest BCUT2D eigenvalue weighted by Crippen LogP contribution is -2.41. The molecule has 0 saturated heterocycles. The minimum absolute atomic E-state index is 0. The number of rotatable bonds is 5. The Kier molecular flexibility index (Phi) is 5.70. The van der Waals surface area contributed by atoms with Gasteiger partial charge in [-0.3, -0.25) is 0 Å². The zero-order valence-electron chi connectivity index (χ0n) is 10.1. The van der Waals surface area contributed by atoms with Gasteiger partial charge in [-0.1, -0.05) is 12.8 Å². The third-order valence-corrected chi connectivity index (χ3v) is 5.08. The Morgan fingerprint density at radius 1 is 1.06 bits per heavy atom. The van der Waals surface area contributed by atoms with E-state index in [1.807, 2.05) is 0 Å². The SMILES string of the molecule is Cl.NC1CCC(NS(=O)(=O)CCC2CC2)CC1. The molecule has 0 spiro atoms. The molecule has 0 radical (unpaired) electrons. The molecule has 2 aliphatic carbocycles. The lowest BCUT2D eigenvalue weighted by molar-refractivity contribution is 0.373. The molecule has 2 saturated carbocycles. The third kappa shape index (κ3) is 5.55. The van der Waals surface area contributed by atoms with E-state index in [2.05, 4.69) is 4.72 Å². The highest BCUT2D eigenvalue weighted by Gasteiger charge is 2.26. The standard InChI is InChI=1S/C11H22N2O2S.ClH/c12-10-3-5-11(6-4-10)13-16(14,15)8-7-9-1-2-9;/h9-11,13H,1-8,12H2;1H. The predicted octanol–water partition coefficient (Wildman–Crippen LogP) is 1.40. The van der Waals surface area contributed by atoms with E-state index in [0.29, 0.717) is 11.7 Å². The minimum Gasteiger partial charge on any atom is -0.328 e. The maximum atomic E-state index is 11.8. The molecule has 17 heavy (non-hydrogen) atoms. The fraction of sp³-hybridized carbons (Fsp3) is 1.00. The number of hydrogen-bond donors (Lipinski definition) is 2. The molecular weight excluding hydrogens is 260 g/mol. The fourth-order valence-corrected chi connectivity index (χ4v) is 3.78. The fourth-order valence-electron chi connectivity index (χ4n) is 2.28. The van der Waals surface area contributed by atoms with E-state index < -0.39 is 10.0 Å². The van der Waals surface area contributed by atoms with Crippen LogP contribution in [0.1, 0.15) is 44.9 Å². The lowest BCUT2D eigenvalue weighted by Gasteiger charge is -2.26. The molecule has 4 nitrogen and oxygen atoms in total. The van der Waals surface area contributed by atoms with Crippen LogP contribution in [0.4, 0.5) is 0 Å². The van der Waals surface area contributed by atoms with Gasteiger partial charge in [-0.15, -0.1) is 12.4 Å². The number of nitrogens with two attached hydrogens (primary N) is 1. The van der Waals surface area contributed by atoms with Crippen molar-refractivity contribution in [1.82, 2.24) is 4.72 Å². The van der Waals surface area contributed by atoms with Crippen LogP contribution in [-0.4, -0.2) is 26.3 Å². The summed E-state index contributed by atoms with van der Waals surface area (Å²) in [5.41, 5.74) is 5.79. The molecule has 0 aromatic heterocycles. The second-order valence-electron chi connectivity index (χ2n) is 5.28. The van der Waals surface area contributed by atoms with Crippen molar-refractivity contribution in [3.63, 3.8) is 0 Å². The smallest absolute Gasteiger partial charge is 0.211 e. The maximum absolute atomic E-state index is 11.8. The van der Waals surface area contributed by atoms with E-state index in [9.17, 15) is 8.42 Å². The highest BCUT2D eigenvalue weighted by Crippen LogP contribution is 2.32. The molecule has 2 fully saturated rings. The van der Waals surface area contributed by atoms with Crippen LogP contribution in [0.15, 0.2) is 0 Å². The first-order valence-corrected chi connectivity index (χ1v) is 7.96. The summed E-state index contributed by atoms with van der Waals surface area (Å²) in [6, 6.07) is 0.399. The van der Waals surface area contributed by atoms with E-state index in [1.165, 1.54) is 12.8 Å². The monoisotopic (exact) mass is 282 g/mol. The molecule has 0 amide bonds. The summed E-state index contributed by atoms with van der Waals surface area (Å²) in [6.07, 6.45) is 6.93. The largest absolute Gasteiger partial charge is 0.328 e. The van der Waals surface area contributed by atoms with Crippen molar-refractivity contribution >= 4 is 22.4 Å². The van der Waals surface area contributed by atoms with Crippen molar-refractivity contribution in [2.24, 2.45) is 11.7 Å². The highest BCUT2D eigenvalue weighted by molar-refractivity contribution is 7.89.